The summed E-state index contributed by atoms with van der Waals surface area (Å²) >= 11 is 0. The Kier molecular flexibility index (Phi) is 6.49. The van der Waals surface area contributed by atoms with Gasteiger partial charge in [-0.1, -0.05) is 68.4 Å². The van der Waals surface area contributed by atoms with Gasteiger partial charge in [0.25, 0.3) is 11.8 Å². The van der Waals surface area contributed by atoms with Crippen LogP contribution in [-0.2, 0) is 16.1 Å². The molecule has 2 heterocycles. The van der Waals surface area contributed by atoms with E-state index in [9.17, 15) is 14.4 Å². The molecule has 4 aromatic rings. The lowest BCUT2D eigenvalue weighted by Gasteiger charge is -2.26. The van der Waals surface area contributed by atoms with Gasteiger partial charge in [0.15, 0.2) is 0 Å². The zero-order chi connectivity index (χ0) is 26.1. The highest BCUT2D eigenvalue weighted by Crippen LogP contribution is 2.28. The van der Waals surface area contributed by atoms with E-state index in [1.54, 1.807) is 18.2 Å². The molecule has 0 radical (unpaired) electrons. The fraction of sp³-hybridized carbons (Fsp3) is 0.194. The van der Waals surface area contributed by atoms with E-state index in [-0.39, 0.29) is 5.57 Å². The molecule has 0 bridgehead atoms. The number of aryl methyl sites for hydroxylation is 1. The number of benzene rings is 3. The van der Waals surface area contributed by atoms with Crippen molar-refractivity contribution >= 4 is 40.5 Å². The van der Waals surface area contributed by atoms with Crippen LogP contribution < -0.4 is 10.2 Å². The molecule has 1 aliphatic heterocycles. The molecule has 0 saturated carbocycles. The molecule has 1 N–H and O–H groups in total. The highest BCUT2D eigenvalue weighted by atomic mass is 16.2. The largest absolute Gasteiger partial charge is 0.342 e. The van der Waals surface area contributed by atoms with Gasteiger partial charge >= 0.3 is 6.03 Å². The normalized spacial score (nSPS) is 15.9. The summed E-state index contributed by atoms with van der Waals surface area (Å²) in [6.45, 7) is 6.98. The number of aromatic nitrogens is 1. The number of urea groups is 1. The van der Waals surface area contributed by atoms with Gasteiger partial charge in [0, 0.05) is 29.2 Å². The second-order valence-electron chi connectivity index (χ2n) is 9.51. The number of hydrogen-bond acceptors (Lipinski definition) is 3. The van der Waals surface area contributed by atoms with Gasteiger partial charge in [-0.25, -0.2) is 9.69 Å². The van der Waals surface area contributed by atoms with Crippen molar-refractivity contribution in [1.29, 1.82) is 0 Å². The lowest BCUT2D eigenvalue weighted by molar-refractivity contribution is -0.122. The third-order valence-electron chi connectivity index (χ3n) is 7.16. The summed E-state index contributed by atoms with van der Waals surface area (Å²) < 4.78 is 2.12. The van der Waals surface area contributed by atoms with Crippen molar-refractivity contribution in [3.8, 4) is 0 Å². The highest BCUT2D eigenvalue weighted by Gasteiger charge is 2.37. The summed E-state index contributed by atoms with van der Waals surface area (Å²) in [6, 6.07) is 22.7. The second-order valence-corrected chi connectivity index (χ2v) is 9.51. The number of anilines is 1. The number of rotatable bonds is 6. The molecule has 1 saturated heterocycles. The minimum Gasteiger partial charge on any atom is -0.342 e. The van der Waals surface area contributed by atoms with E-state index in [1.165, 1.54) is 11.1 Å². The smallest absolute Gasteiger partial charge is 0.335 e. The average Bonchev–Trinajstić information content (AvgIpc) is 3.25. The van der Waals surface area contributed by atoms with E-state index in [0.717, 1.165) is 33.4 Å². The Morgan fingerprint density at radius 3 is 2.35 bits per heavy atom. The van der Waals surface area contributed by atoms with Crippen LogP contribution >= 0.6 is 0 Å². The first kappa shape index (κ1) is 24.3. The molecule has 4 amide bonds. The lowest BCUT2D eigenvalue weighted by Crippen LogP contribution is -2.54. The molecule has 1 fully saturated rings. The molecule has 6 heteroatoms. The van der Waals surface area contributed by atoms with Crippen LogP contribution in [-0.4, -0.2) is 22.4 Å². The number of imide groups is 2. The predicted molar refractivity (Wildman–Crippen MR) is 146 cm³/mol. The number of hydrogen-bond donors (Lipinski definition) is 1. The number of fused-ring (bicyclic) bond motifs is 1. The van der Waals surface area contributed by atoms with Crippen LogP contribution in [0.2, 0.25) is 0 Å². The molecule has 0 spiro atoms. The summed E-state index contributed by atoms with van der Waals surface area (Å²) in [5.41, 5.74) is 5.59. The van der Waals surface area contributed by atoms with Gasteiger partial charge in [-0.2, -0.15) is 0 Å². The van der Waals surface area contributed by atoms with E-state index < -0.39 is 17.8 Å². The van der Waals surface area contributed by atoms with Crippen molar-refractivity contribution in [2.45, 2.75) is 39.7 Å². The number of amides is 4. The Labute approximate surface area is 216 Å². The van der Waals surface area contributed by atoms with Crippen molar-refractivity contribution in [2.75, 3.05) is 4.90 Å². The maximum atomic E-state index is 13.5. The fourth-order valence-corrected chi connectivity index (χ4v) is 4.73. The van der Waals surface area contributed by atoms with Crippen LogP contribution in [0.4, 0.5) is 10.5 Å². The summed E-state index contributed by atoms with van der Waals surface area (Å²) in [7, 11) is 0. The van der Waals surface area contributed by atoms with Gasteiger partial charge in [-0.15, -0.1) is 0 Å². The Morgan fingerprint density at radius 1 is 0.919 bits per heavy atom. The summed E-state index contributed by atoms with van der Waals surface area (Å²) in [4.78, 5) is 40.0. The number of nitrogens with one attached hydrogen (secondary N) is 1. The van der Waals surface area contributed by atoms with E-state index >= 15 is 0 Å². The molecule has 6 nitrogen and oxygen atoms in total. The molecule has 0 aliphatic carbocycles. The Bertz CT molecular complexity index is 1550. The van der Waals surface area contributed by atoms with E-state index in [4.69, 9.17) is 0 Å². The van der Waals surface area contributed by atoms with Crippen LogP contribution in [0.15, 0.2) is 84.6 Å². The fourth-order valence-electron chi connectivity index (χ4n) is 4.73. The Balaban J connectivity index is 1.53. The van der Waals surface area contributed by atoms with Gasteiger partial charge in [0.1, 0.15) is 5.57 Å². The van der Waals surface area contributed by atoms with Crippen molar-refractivity contribution in [3.05, 3.63) is 107 Å². The van der Waals surface area contributed by atoms with Crippen molar-refractivity contribution in [3.63, 3.8) is 0 Å². The summed E-state index contributed by atoms with van der Waals surface area (Å²) in [5.74, 6) is -0.965. The third kappa shape index (κ3) is 4.58. The molecule has 1 atom stereocenters. The van der Waals surface area contributed by atoms with Gasteiger partial charge in [-0.05, 0) is 60.2 Å². The first-order valence-electron chi connectivity index (χ1n) is 12.5. The lowest BCUT2D eigenvalue weighted by atomic mass is 9.98. The first-order valence-corrected chi connectivity index (χ1v) is 12.5. The van der Waals surface area contributed by atoms with Gasteiger partial charge in [0.2, 0.25) is 0 Å². The highest BCUT2D eigenvalue weighted by molar-refractivity contribution is 6.39. The van der Waals surface area contributed by atoms with Crippen LogP contribution in [0.1, 0.15) is 48.4 Å². The van der Waals surface area contributed by atoms with Gasteiger partial charge in [0.05, 0.1) is 5.69 Å². The molecular formula is C31H29N3O3. The van der Waals surface area contributed by atoms with E-state index in [2.05, 4.69) is 42.8 Å². The number of carbonyl (C=O) groups excluding carboxylic acids is 3. The number of carbonyl (C=O) groups is 3. The molecule has 5 rings (SSSR count). The van der Waals surface area contributed by atoms with Crippen LogP contribution in [0.3, 0.4) is 0 Å². The molecular weight excluding hydrogens is 462 g/mol. The van der Waals surface area contributed by atoms with E-state index in [0.29, 0.717) is 18.2 Å². The summed E-state index contributed by atoms with van der Waals surface area (Å²) in [5, 5.41) is 3.25. The minimum atomic E-state index is -0.745. The average molecular weight is 492 g/mol. The Hall–Kier alpha value is -4.45. The molecule has 1 aliphatic rings. The molecule has 1 aromatic heterocycles. The molecule has 37 heavy (non-hydrogen) atoms. The predicted octanol–water partition coefficient (Wildman–Crippen LogP) is 6.18. The minimum absolute atomic E-state index is 0.0793. The van der Waals surface area contributed by atoms with Crippen LogP contribution in [0.5, 0.6) is 0 Å². The van der Waals surface area contributed by atoms with E-state index in [1.807, 2.05) is 54.7 Å². The topological polar surface area (TPSA) is 71.4 Å². The Morgan fingerprint density at radius 2 is 1.62 bits per heavy atom. The van der Waals surface area contributed by atoms with Crippen LogP contribution in [0, 0.1) is 6.92 Å². The number of para-hydroxylation sites is 1. The first-order chi connectivity index (χ1) is 17.9. The van der Waals surface area contributed by atoms with Crippen molar-refractivity contribution < 1.29 is 14.4 Å². The maximum absolute atomic E-state index is 13.5. The van der Waals surface area contributed by atoms with Gasteiger partial charge < -0.3 is 4.57 Å². The zero-order valence-corrected chi connectivity index (χ0v) is 21.2. The van der Waals surface area contributed by atoms with Crippen LogP contribution in [0.25, 0.3) is 17.0 Å². The third-order valence-corrected chi connectivity index (χ3v) is 7.16. The molecule has 0 unspecified atom stereocenters. The van der Waals surface area contributed by atoms with Crippen molar-refractivity contribution in [2.24, 2.45) is 0 Å². The second kappa shape index (κ2) is 9.90. The number of barbiturate groups is 1. The summed E-state index contributed by atoms with van der Waals surface area (Å²) in [6.07, 6.45) is 4.52. The maximum Gasteiger partial charge on any atom is 0.335 e. The molecule has 3 aromatic carbocycles. The zero-order valence-electron chi connectivity index (χ0n) is 21.2. The van der Waals surface area contributed by atoms with Crippen molar-refractivity contribution in [1.82, 2.24) is 9.88 Å². The van der Waals surface area contributed by atoms with Gasteiger partial charge in [-0.3, -0.25) is 14.9 Å². The monoisotopic (exact) mass is 491 g/mol. The molecule has 186 valence electrons. The standard InChI is InChI=1S/C31H29N3O3/c1-4-20(2)22-13-15-25(16-14-22)34-30(36)27(29(35)32-31(34)37)17-24-19-33(28-12-8-7-11-26(24)28)18-23-10-6-5-9-21(23)3/h5-17,19-20H,4,18H2,1-3H3,(H,32,35,37)/b27-17+/t20-/m0/s1. The SMILES string of the molecule is CC[C@H](C)c1ccc(N2C(=O)NC(=O)/C(=C\c3cn(Cc4ccccc4C)c4ccccc34)C2=O)cc1. The number of nitrogens with zero attached hydrogens (tertiary/aromatic N) is 2. The quantitative estimate of drug-likeness (QED) is 0.259.